The van der Waals surface area contributed by atoms with Gasteiger partial charge in [0.1, 0.15) is 5.02 Å². The van der Waals surface area contributed by atoms with Gasteiger partial charge < -0.3 is 10.1 Å². The maximum absolute atomic E-state index is 12.4. The second kappa shape index (κ2) is 4.14. The van der Waals surface area contributed by atoms with E-state index in [2.05, 4.69) is 20.9 Å². The highest BCUT2D eigenvalue weighted by Gasteiger charge is 2.25. The highest BCUT2D eigenvalue weighted by molar-refractivity contribution is 9.10. The van der Waals surface area contributed by atoms with Crippen LogP contribution in [0.1, 0.15) is 12.0 Å². The summed E-state index contributed by atoms with van der Waals surface area (Å²) in [5.41, 5.74) is -0.617. The molecule has 0 aliphatic heterocycles. The number of hydrogen-bond acceptors (Lipinski definition) is 3. The lowest BCUT2D eigenvalue weighted by molar-refractivity contribution is -0.389. The number of aromatic nitrogens is 1. The van der Waals surface area contributed by atoms with Gasteiger partial charge in [-0.1, -0.05) is 11.6 Å². The lowest BCUT2D eigenvalue weighted by Gasteiger charge is -2.03. The average Bonchev–Trinajstić information content (AvgIpc) is 2.02. The van der Waals surface area contributed by atoms with Gasteiger partial charge in [0.25, 0.3) is 6.43 Å². The fraction of sp³-hybridized carbons (Fsp3) is 0.167. The van der Waals surface area contributed by atoms with Crippen LogP contribution in [-0.2, 0) is 0 Å². The van der Waals surface area contributed by atoms with Gasteiger partial charge in [0, 0.05) is 0 Å². The molecule has 0 aromatic carbocycles. The number of halogens is 4. The minimum Gasteiger partial charge on any atom is -0.358 e. The molecule has 0 radical (unpaired) electrons. The van der Waals surface area contributed by atoms with Crippen LogP contribution < -0.4 is 0 Å². The van der Waals surface area contributed by atoms with Gasteiger partial charge in [-0.2, -0.15) is 0 Å². The molecule has 76 valence electrons. The first kappa shape index (κ1) is 11.3. The molecule has 1 aromatic heterocycles. The molecule has 1 aromatic rings. The van der Waals surface area contributed by atoms with Crippen molar-refractivity contribution in [3.8, 4) is 0 Å². The van der Waals surface area contributed by atoms with Gasteiger partial charge >= 0.3 is 5.82 Å². The van der Waals surface area contributed by atoms with Crippen molar-refractivity contribution >= 4 is 33.3 Å². The van der Waals surface area contributed by atoms with Gasteiger partial charge in [-0.25, -0.2) is 8.78 Å². The van der Waals surface area contributed by atoms with E-state index in [1.54, 1.807) is 0 Å². The van der Waals surface area contributed by atoms with Gasteiger partial charge in [0.2, 0.25) is 0 Å². The van der Waals surface area contributed by atoms with Crippen molar-refractivity contribution in [3.63, 3.8) is 0 Å². The molecule has 0 fully saturated rings. The highest BCUT2D eigenvalue weighted by Crippen LogP contribution is 2.37. The summed E-state index contributed by atoms with van der Waals surface area (Å²) < 4.78 is 24.7. The predicted octanol–water partition coefficient (Wildman–Crippen LogP) is 3.34. The van der Waals surface area contributed by atoms with Gasteiger partial charge in [-0.3, -0.25) is 0 Å². The zero-order chi connectivity index (χ0) is 10.9. The van der Waals surface area contributed by atoms with Gasteiger partial charge in [0.15, 0.2) is 6.20 Å². The Bertz CT molecular complexity index is 388. The fourth-order valence-corrected chi connectivity index (χ4v) is 1.69. The summed E-state index contributed by atoms with van der Waals surface area (Å²) in [6.07, 6.45) is -1.97. The molecule has 0 aliphatic carbocycles. The van der Waals surface area contributed by atoms with Crippen LogP contribution in [-0.4, -0.2) is 9.91 Å². The van der Waals surface area contributed by atoms with E-state index in [1.807, 2.05) is 0 Å². The van der Waals surface area contributed by atoms with E-state index < -0.39 is 27.8 Å². The summed E-state index contributed by atoms with van der Waals surface area (Å²) in [6.45, 7) is 0. The number of pyridine rings is 1. The molecule has 14 heavy (non-hydrogen) atoms. The quantitative estimate of drug-likeness (QED) is 0.619. The predicted molar refractivity (Wildman–Crippen MR) is 48.6 cm³/mol. The SMILES string of the molecule is O=[N+]([O-])c1ncc(Br)c(C(F)F)c1Cl. The van der Waals surface area contributed by atoms with E-state index >= 15 is 0 Å². The van der Waals surface area contributed by atoms with Crippen molar-refractivity contribution in [3.05, 3.63) is 31.4 Å². The number of alkyl halides is 2. The van der Waals surface area contributed by atoms with Crippen molar-refractivity contribution < 1.29 is 13.7 Å². The summed E-state index contributed by atoms with van der Waals surface area (Å²) in [5, 5.41) is 9.67. The van der Waals surface area contributed by atoms with Crippen LogP contribution in [0.25, 0.3) is 0 Å². The van der Waals surface area contributed by atoms with Gasteiger partial charge in [-0.15, -0.1) is 0 Å². The van der Waals surface area contributed by atoms with Gasteiger partial charge in [-0.05, 0) is 25.8 Å². The van der Waals surface area contributed by atoms with Crippen LogP contribution in [0.4, 0.5) is 14.6 Å². The molecular weight excluding hydrogens is 285 g/mol. The number of nitrogens with zero attached hydrogens (tertiary/aromatic N) is 2. The molecule has 0 aliphatic rings. The molecule has 0 spiro atoms. The van der Waals surface area contributed by atoms with Crippen molar-refractivity contribution in [1.82, 2.24) is 4.98 Å². The van der Waals surface area contributed by atoms with Crippen molar-refractivity contribution in [2.24, 2.45) is 0 Å². The van der Waals surface area contributed by atoms with Crippen LogP contribution in [0, 0.1) is 10.1 Å². The zero-order valence-corrected chi connectivity index (χ0v) is 8.72. The molecule has 0 atom stereocenters. The Balaban J connectivity index is 3.41. The third kappa shape index (κ3) is 1.98. The molecule has 0 saturated heterocycles. The molecule has 1 heterocycles. The number of nitro groups is 1. The molecule has 0 amide bonds. The fourth-order valence-electron chi connectivity index (χ4n) is 0.797. The minimum atomic E-state index is -2.89. The summed E-state index contributed by atoms with van der Waals surface area (Å²) >= 11 is 8.17. The van der Waals surface area contributed by atoms with Crippen LogP contribution >= 0.6 is 27.5 Å². The average molecular weight is 287 g/mol. The largest absolute Gasteiger partial charge is 0.382 e. The molecule has 1 rings (SSSR count). The monoisotopic (exact) mass is 286 g/mol. The van der Waals surface area contributed by atoms with Crippen LogP contribution in [0.3, 0.4) is 0 Å². The van der Waals surface area contributed by atoms with Crippen molar-refractivity contribution in [1.29, 1.82) is 0 Å². The minimum absolute atomic E-state index is 0.0527. The first-order valence-corrected chi connectivity index (χ1v) is 4.38. The van der Waals surface area contributed by atoms with Crippen LogP contribution in [0.5, 0.6) is 0 Å². The molecular formula is C6H2BrClF2N2O2. The van der Waals surface area contributed by atoms with E-state index in [9.17, 15) is 18.9 Å². The summed E-state index contributed by atoms with van der Waals surface area (Å²) in [7, 11) is 0. The van der Waals surface area contributed by atoms with Gasteiger partial charge in [0.05, 0.1) is 10.0 Å². The first-order chi connectivity index (χ1) is 6.45. The zero-order valence-electron chi connectivity index (χ0n) is 6.38. The van der Waals surface area contributed by atoms with Crippen LogP contribution in [0.2, 0.25) is 5.02 Å². The standard InChI is InChI=1S/C6H2BrClF2N2O2/c7-2-1-11-6(12(13)14)4(8)3(2)5(9)10/h1,5H. The molecule has 0 N–H and O–H groups in total. The summed E-state index contributed by atoms with van der Waals surface area (Å²) in [6, 6.07) is 0. The highest BCUT2D eigenvalue weighted by atomic mass is 79.9. The second-order valence-corrected chi connectivity index (χ2v) is 3.45. The topological polar surface area (TPSA) is 56.0 Å². The van der Waals surface area contributed by atoms with E-state index in [4.69, 9.17) is 11.6 Å². The third-order valence-electron chi connectivity index (χ3n) is 1.38. The van der Waals surface area contributed by atoms with Crippen molar-refractivity contribution in [2.45, 2.75) is 6.43 Å². The Morgan fingerprint density at radius 2 is 2.21 bits per heavy atom. The van der Waals surface area contributed by atoms with E-state index in [1.165, 1.54) is 0 Å². The van der Waals surface area contributed by atoms with E-state index in [0.29, 0.717) is 0 Å². The maximum atomic E-state index is 12.4. The molecule has 8 heteroatoms. The van der Waals surface area contributed by atoms with E-state index in [0.717, 1.165) is 6.20 Å². The lowest BCUT2D eigenvalue weighted by atomic mass is 10.2. The first-order valence-electron chi connectivity index (χ1n) is 3.21. The Morgan fingerprint density at radius 3 is 2.64 bits per heavy atom. The molecule has 0 saturated carbocycles. The van der Waals surface area contributed by atoms with Crippen molar-refractivity contribution in [2.75, 3.05) is 0 Å². The summed E-state index contributed by atoms with van der Waals surface area (Å²) in [4.78, 5) is 12.7. The Hall–Kier alpha value is -0.820. The normalized spacial score (nSPS) is 10.6. The van der Waals surface area contributed by atoms with Crippen LogP contribution in [0.15, 0.2) is 10.7 Å². The third-order valence-corrected chi connectivity index (χ3v) is 2.39. The second-order valence-electron chi connectivity index (χ2n) is 2.22. The lowest BCUT2D eigenvalue weighted by Crippen LogP contribution is -1.98. The molecule has 0 unspecified atom stereocenters. The Morgan fingerprint density at radius 1 is 1.64 bits per heavy atom. The summed E-state index contributed by atoms with van der Waals surface area (Å²) in [5.74, 6) is -0.773. The Labute approximate surface area is 90.2 Å². The van der Waals surface area contributed by atoms with E-state index in [-0.39, 0.29) is 4.47 Å². The number of rotatable bonds is 2. The molecule has 0 bridgehead atoms. The maximum Gasteiger partial charge on any atom is 0.382 e. The smallest absolute Gasteiger partial charge is 0.358 e. The number of hydrogen-bond donors (Lipinski definition) is 0. The molecule has 4 nitrogen and oxygen atoms in total. The Kier molecular flexibility index (Phi) is 3.33.